The summed E-state index contributed by atoms with van der Waals surface area (Å²) in [5, 5.41) is 0. The molecule has 0 aromatic heterocycles. The number of carbonyl (C=O) groups excluding carboxylic acids is 2. The molecule has 2 atom stereocenters. The summed E-state index contributed by atoms with van der Waals surface area (Å²) < 4.78 is 34.4. The number of rotatable bonds is 49. The van der Waals surface area contributed by atoms with Gasteiger partial charge in [0.1, 0.15) is 19.8 Å². The molecule has 0 aromatic carbocycles. The highest BCUT2D eigenvalue weighted by atomic mass is 31.2. The Morgan fingerprint density at radius 3 is 1.25 bits per heavy atom. The fourth-order valence-electron chi connectivity index (χ4n) is 7.44. The fraction of sp³-hybridized carbons (Fsp3) is 0.852. The Hall–Kier alpha value is -1.77. The third kappa shape index (κ3) is 49.7. The van der Waals surface area contributed by atoms with Crippen LogP contribution in [0.2, 0.25) is 0 Å². The SMILES string of the molecule is CCCCCCCC/C=C/CCCCCCCCCC(=O)OC[C@H](COP(=O)(O)OCC[N+](C)(C)C)OC(=O)CCC/C=C/CC/C=C/CCCCCCCCCCCCCCCC. The second kappa shape index (κ2) is 46.3. The molecule has 376 valence electrons. The van der Waals surface area contributed by atoms with Crippen molar-refractivity contribution in [2.45, 2.75) is 251 Å². The standard InChI is InChI=1S/C54H102NO8P/c1-6-8-10-12-14-16-18-20-22-24-25-26-27-28-29-31-33-35-37-39-41-43-45-47-54(57)63-52(51-62-64(58,59)61-49-48-55(3,4)5)50-60-53(56)46-44-42-40-38-36-34-32-30-23-21-19-17-15-13-11-9-7-2/h21,23,31,33,39,41,52H,6-20,22,24-30,32,34-38,40,42-51H2,1-5H3/p+1/b23-21+,33-31+,41-39+/t52-/m1/s1. The van der Waals surface area contributed by atoms with Gasteiger partial charge in [-0.05, 0) is 70.6 Å². The van der Waals surface area contributed by atoms with Gasteiger partial charge in [-0.15, -0.1) is 0 Å². The first-order valence-electron chi connectivity index (χ1n) is 26.7. The first-order chi connectivity index (χ1) is 31.0. The summed E-state index contributed by atoms with van der Waals surface area (Å²) in [6, 6.07) is 0. The van der Waals surface area contributed by atoms with E-state index in [9.17, 15) is 19.0 Å². The summed E-state index contributed by atoms with van der Waals surface area (Å²) in [5.41, 5.74) is 0. The first-order valence-corrected chi connectivity index (χ1v) is 28.2. The first kappa shape index (κ1) is 62.2. The van der Waals surface area contributed by atoms with Gasteiger partial charge in [0.15, 0.2) is 6.10 Å². The Balaban J connectivity index is 4.27. The predicted molar refractivity (Wildman–Crippen MR) is 270 cm³/mol. The van der Waals surface area contributed by atoms with Crippen molar-refractivity contribution >= 4 is 19.8 Å². The summed E-state index contributed by atoms with van der Waals surface area (Å²) in [6.07, 6.45) is 55.0. The second-order valence-corrected chi connectivity index (χ2v) is 20.7. The molecule has 0 saturated heterocycles. The van der Waals surface area contributed by atoms with Crippen molar-refractivity contribution in [2.75, 3.05) is 47.5 Å². The van der Waals surface area contributed by atoms with E-state index in [0.29, 0.717) is 17.4 Å². The topological polar surface area (TPSA) is 108 Å². The van der Waals surface area contributed by atoms with Crippen molar-refractivity contribution in [3.63, 3.8) is 0 Å². The molecule has 9 nitrogen and oxygen atoms in total. The molecule has 64 heavy (non-hydrogen) atoms. The number of unbranched alkanes of at least 4 members (excludes halogenated alkanes) is 29. The number of quaternary nitrogens is 1. The van der Waals surface area contributed by atoms with Crippen LogP contribution < -0.4 is 0 Å². The Kier molecular flexibility index (Phi) is 45.1. The maximum atomic E-state index is 12.7. The number of hydrogen-bond donors (Lipinski definition) is 1. The van der Waals surface area contributed by atoms with Gasteiger partial charge < -0.3 is 18.9 Å². The lowest BCUT2D eigenvalue weighted by Crippen LogP contribution is -2.37. The van der Waals surface area contributed by atoms with E-state index in [4.69, 9.17) is 18.5 Å². The quantitative estimate of drug-likeness (QED) is 0.0211. The van der Waals surface area contributed by atoms with Crippen LogP contribution >= 0.6 is 7.82 Å². The van der Waals surface area contributed by atoms with Crippen LogP contribution in [0, 0.1) is 0 Å². The number of esters is 2. The van der Waals surface area contributed by atoms with Crippen LogP contribution in [0.5, 0.6) is 0 Å². The number of phosphoric acid groups is 1. The number of ether oxygens (including phenoxy) is 2. The number of hydrogen-bond acceptors (Lipinski definition) is 7. The molecule has 0 aliphatic carbocycles. The summed E-state index contributed by atoms with van der Waals surface area (Å²) in [7, 11) is 1.46. The largest absolute Gasteiger partial charge is 0.472 e. The monoisotopic (exact) mass is 925 g/mol. The zero-order valence-corrected chi connectivity index (χ0v) is 43.4. The molecular formula is C54H103NO8P+. The van der Waals surface area contributed by atoms with Crippen molar-refractivity contribution < 1.29 is 42.1 Å². The molecule has 0 aliphatic rings. The lowest BCUT2D eigenvalue weighted by molar-refractivity contribution is -0.870. The van der Waals surface area contributed by atoms with E-state index in [2.05, 4.69) is 50.3 Å². The molecule has 0 rings (SSSR count). The highest BCUT2D eigenvalue weighted by molar-refractivity contribution is 7.47. The number of carbonyl (C=O) groups is 2. The fourth-order valence-corrected chi connectivity index (χ4v) is 8.18. The van der Waals surface area contributed by atoms with Crippen LogP contribution in [0.1, 0.15) is 245 Å². The van der Waals surface area contributed by atoms with Gasteiger partial charge in [-0.25, -0.2) is 4.57 Å². The second-order valence-electron chi connectivity index (χ2n) is 19.2. The van der Waals surface area contributed by atoms with Crippen molar-refractivity contribution in [1.82, 2.24) is 0 Å². The summed E-state index contributed by atoms with van der Waals surface area (Å²) in [5.74, 6) is -0.845. The Bertz CT molecular complexity index is 1180. The van der Waals surface area contributed by atoms with Crippen molar-refractivity contribution in [3.8, 4) is 0 Å². The smallest absolute Gasteiger partial charge is 0.462 e. The van der Waals surface area contributed by atoms with Crippen molar-refractivity contribution in [2.24, 2.45) is 0 Å². The molecule has 0 fully saturated rings. The van der Waals surface area contributed by atoms with Crippen LogP contribution in [0.4, 0.5) is 0 Å². The molecule has 0 saturated carbocycles. The lowest BCUT2D eigenvalue weighted by atomic mass is 10.0. The van der Waals surface area contributed by atoms with Gasteiger partial charge in [0, 0.05) is 12.8 Å². The average molecular weight is 925 g/mol. The molecule has 1 unspecified atom stereocenters. The van der Waals surface area contributed by atoms with Crippen LogP contribution in [0.3, 0.4) is 0 Å². The number of allylic oxidation sites excluding steroid dienone is 6. The van der Waals surface area contributed by atoms with Gasteiger partial charge in [0.25, 0.3) is 0 Å². The molecule has 10 heteroatoms. The van der Waals surface area contributed by atoms with Crippen molar-refractivity contribution in [3.05, 3.63) is 36.5 Å². The van der Waals surface area contributed by atoms with Gasteiger partial charge >= 0.3 is 19.8 Å². The molecule has 0 bridgehead atoms. The van der Waals surface area contributed by atoms with E-state index in [-0.39, 0.29) is 32.0 Å². The third-order valence-corrected chi connectivity index (χ3v) is 12.6. The van der Waals surface area contributed by atoms with Gasteiger partial charge in [-0.2, -0.15) is 0 Å². The molecule has 0 radical (unpaired) electrons. The van der Waals surface area contributed by atoms with E-state index >= 15 is 0 Å². The number of likely N-dealkylation sites (N-methyl/N-ethyl adjacent to an activating group) is 1. The summed E-state index contributed by atoms with van der Waals surface area (Å²) >= 11 is 0. The Labute approximate surface area is 395 Å². The highest BCUT2D eigenvalue weighted by Gasteiger charge is 2.27. The molecule has 0 heterocycles. The minimum Gasteiger partial charge on any atom is -0.462 e. The zero-order chi connectivity index (χ0) is 47.1. The van der Waals surface area contributed by atoms with E-state index < -0.39 is 26.5 Å². The molecule has 1 N–H and O–H groups in total. The number of phosphoric ester groups is 1. The van der Waals surface area contributed by atoms with Gasteiger partial charge in [-0.1, -0.05) is 198 Å². The molecule has 0 aromatic rings. The summed E-state index contributed by atoms with van der Waals surface area (Å²) in [6.45, 7) is 4.41. The van der Waals surface area contributed by atoms with Crippen LogP contribution in [-0.4, -0.2) is 74.9 Å². The van der Waals surface area contributed by atoms with E-state index in [1.807, 2.05) is 21.1 Å². The van der Waals surface area contributed by atoms with Crippen LogP contribution in [-0.2, 0) is 32.7 Å². The molecule has 0 spiro atoms. The van der Waals surface area contributed by atoms with E-state index in [1.165, 1.54) is 154 Å². The van der Waals surface area contributed by atoms with E-state index in [1.54, 1.807) is 0 Å². The maximum absolute atomic E-state index is 12.7. The Morgan fingerprint density at radius 2 is 0.828 bits per heavy atom. The lowest BCUT2D eigenvalue weighted by Gasteiger charge is -2.24. The minimum absolute atomic E-state index is 0.0246. The summed E-state index contributed by atoms with van der Waals surface area (Å²) in [4.78, 5) is 35.5. The van der Waals surface area contributed by atoms with Gasteiger partial charge in [0.2, 0.25) is 0 Å². The zero-order valence-electron chi connectivity index (χ0n) is 42.5. The minimum atomic E-state index is -4.39. The third-order valence-electron chi connectivity index (χ3n) is 11.6. The van der Waals surface area contributed by atoms with Crippen LogP contribution in [0.15, 0.2) is 36.5 Å². The van der Waals surface area contributed by atoms with Gasteiger partial charge in [0.05, 0.1) is 27.7 Å². The van der Waals surface area contributed by atoms with Gasteiger partial charge in [-0.3, -0.25) is 18.6 Å². The predicted octanol–water partition coefficient (Wildman–Crippen LogP) is 16.0. The molecular weight excluding hydrogens is 822 g/mol. The van der Waals surface area contributed by atoms with Crippen molar-refractivity contribution in [1.29, 1.82) is 0 Å². The highest BCUT2D eigenvalue weighted by Crippen LogP contribution is 2.43. The molecule has 0 aliphatic heterocycles. The normalized spacial score (nSPS) is 13.7. The average Bonchev–Trinajstić information content (AvgIpc) is 3.25. The molecule has 0 amide bonds. The van der Waals surface area contributed by atoms with Crippen LogP contribution in [0.25, 0.3) is 0 Å². The maximum Gasteiger partial charge on any atom is 0.472 e. The van der Waals surface area contributed by atoms with E-state index in [0.717, 1.165) is 57.8 Å². The number of nitrogens with zero attached hydrogens (tertiary/aromatic N) is 1. The Morgan fingerprint density at radius 1 is 0.469 bits per heavy atom.